The van der Waals surface area contributed by atoms with E-state index in [1.165, 1.54) is 31.3 Å². The minimum atomic E-state index is 0.490. The van der Waals surface area contributed by atoms with Crippen LogP contribution < -0.4 is 11.1 Å². The summed E-state index contributed by atoms with van der Waals surface area (Å²) in [6.07, 6.45) is 5.45. The van der Waals surface area contributed by atoms with E-state index in [2.05, 4.69) is 25.7 Å². The molecule has 0 aromatic carbocycles. The zero-order valence-electron chi connectivity index (χ0n) is 10.3. The first kappa shape index (κ1) is 12.7. The molecule has 0 saturated heterocycles. The molecule has 2 nitrogen and oxygen atoms in total. The fraction of sp³-hybridized carbons (Fsp3) is 0.846. The maximum absolute atomic E-state index is 5.84. The van der Waals surface area contributed by atoms with E-state index in [0.29, 0.717) is 6.04 Å². The van der Waals surface area contributed by atoms with Gasteiger partial charge in [-0.15, -0.1) is 0 Å². The van der Waals surface area contributed by atoms with Crippen LogP contribution in [0.4, 0.5) is 0 Å². The summed E-state index contributed by atoms with van der Waals surface area (Å²) in [5.41, 5.74) is 7.04. The van der Waals surface area contributed by atoms with E-state index in [4.69, 9.17) is 5.73 Å². The van der Waals surface area contributed by atoms with Crippen molar-refractivity contribution in [3.05, 3.63) is 12.2 Å². The van der Waals surface area contributed by atoms with Gasteiger partial charge in [0.05, 0.1) is 0 Å². The summed E-state index contributed by atoms with van der Waals surface area (Å²) >= 11 is 0. The Labute approximate surface area is 94.3 Å². The normalized spacial score (nSPS) is 28.7. The molecule has 2 heteroatoms. The molecule has 1 fully saturated rings. The molecule has 0 aromatic rings. The van der Waals surface area contributed by atoms with Gasteiger partial charge in [0.25, 0.3) is 0 Å². The van der Waals surface area contributed by atoms with Crippen LogP contribution in [0.15, 0.2) is 12.2 Å². The van der Waals surface area contributed by atoms with Gasteiger partial charge in [-0.05, 0) is 31.6 Å². The van der Waals surface area contributed by atoms with Crippen LogP contribution in [-0.2, 0) is 0 Å². The molecular formula is C13H26N2. The highest BCUT2D eigenvalue weighted by molar-refractivity contribution is 4.93. The highest BCUT2D eigenvalue weighted by Crippen LogP contribution is 2.30. The Morgan fingerprint density at radius 3 is 2.80 bits per heavy atom. The summed E-state index contributed by atoms with van der Waals surface area (Å²) in [5, 5.41) is 3.53. The molecule has 3 atom stereocenters. The van der Waals surface area contributed by atoms with Crippen LogP contribution in [0.2, 0.25) is 0 Å². The number of nitrogens with one attached hydrogen (secondary N) is 1. The molecule has 0 amide bonds. The van der Waals surface area contributed by atoms with Crippen molar-refractivity contribution in [1.29, 1.82) is 0 Å². The topological polar surface area (TPSA) is 38.0 Å². The Morgan fingerprint density at radius 2 is 2.27 bits per heavy atom. The van der Waals surface area contributed by atoms with Crippen molar-refractivity contribution in [2.24, 2.45) is 17.6 Å². The molecule has 1 aliphatic rings. The van der Waals surface area contributed by atoms with Gasteiger partial charge >= 0.3 is 0 Å². The van der Waals surface area contributed by atoms with Crippen LogP contribution in [0.3, 0.4) is 0 Å². The van der Waals surface area contributed by atoms with E-state index >= 15 is 0 Å². The Morgan fingerprint density at radius 1 is 1.53 bits per heavy atom. The van der Waals surface area contributed by atoms with Gasteiger partial charge in [0.1, 0.15) is 0 Å². The molecule has 15 heavy (non-hydrogen) atoms. The van der Waals surface area contributed by atoms with Gasteiger partial charge in [-0.1, -0.05) is 31.9 Å². The maximum atomic E-state index is 5.84. The lowest BCUT2D eigenvalue weighted by molar-refractivity contribution is 0.228. The molecule has 0 aliphatic heterocycles. The predicted octanol–water partition coefficient (Wildman–Crippen LogP) is 2.31. The van der Waals surface area contributed by atoms with E-state index < -0.39 is 0 Å². The quantitative estimate of drug-likeness (QED) is 0.683. The van der Waals surface area contributed by atoms with Crippen LogP contribution in [0.1, 0.15) is 39.5 Å². The molecule has 0 bridgehead atoms. The van der Waals surface area contributed by atoms with Gasteiger partial charge in [-0.3, -0.25) is 0 Å². The molecule has 1 rings (SSSR count). The summed E-state index contributed by atoms with van der Waals surface area (Å²) in [4.78, 5) is 0. The lowest BCUT2D eigenvalue weighted by atomic mass is 9.78. The Hall–Kier alpha value is -0.340. The smallest absolute Gasteiger partial charge is 0.0221 e. The van der Waals surface area contributed by atoms with Crippen molar-refractivity contribution in [2.45, 2.75) is 45.6 Å². The average Bonchev–Trinajstić information content (AvgIpc) is 2.18. The monoisotopic (exact) mass is 210 g/mol. The predicted molar refractivity (Wildman–Crippen MR) is 66.8 cm³/mol. The van der Waals surface area contributed by atoms with E-state index in [9.17, 15) is 0 Å². The van der Waals surface area contributed by atoms with E-state index in [1.807, 2.05) is 0 Å². The second-order valence-corrected chi connectivity index (χ2v) is 5.21. The highest BCUT2D eigenvalue weighted by atomic mass is 14.9. The number of hydrogen-bond acceptors (Lipinski definition) is 2. The molecule has 1 saturated carbocycles. The molecule has 88 valence electrons. The lowest BCUT2D eigenvalue weighted by Crippen LogP contribution is -2.44. The first-order chi connectivity index (χ1) is 7.13. The van der Waals surface area contributed by atoms with Gasteiger partial charge in [-0.25, -0.2) is 0 Å². The van der Waals surface area contributed by atoms with Crippen molar-refractivity contribution in [2.75, 3.05) is 13.1 Å². The summed E-state index contributed by atoms with van der Waals surface area (Å²) in [5.74, 6) is 1.66. The van der Waals surface area contributed by atoms with Gasteiger partial charge < -0.3 is 11.1 Å². The number of nitrogens with two attached hydrogens (primary N) is 1. The van der Waals surface area contributed by atoms with E-state index in [-0.39, 0.29) is 0 Å². The Bertz CT molecular complexity index is 201. The first-order valence-corrected chi connectivity index (χ1v) is 6.21. The second-order valence-electron chi connectivity index (χ2n) is 5.21. The largest absolute Gasteiger partial charge is 0.329 e. The fourth-order valence-electron chi connectivity index (χ4n) is 2.59. The van der Waals surface area contributed by atoms with Crippen LogP contribution in [0, 0.1) is 11.8 Å². The average molecular weight is 210 g/mol. The van der Waals surface area contributed by atoms with Crippen LogP contribution in [0.5, 0.6) is 0 Å². The van der Waals surface area contributed by atoms with E-state index in [0.717, 1.165) is 24.9 Å². The minimum absolute atomic E-state index is 0.490. The maximum Gasteiger partial charge on any atom is 0.0221 e. The van der Waals surface area contributed by atoms with Crippen molar-refractivity contribution in [1.82, 2.24) is 5.32 Å². The second kappa shape index (κ2) is 6.29. The molecule has 3 unspecified atom stereocenters. The zero-order chi connectivity index (χ0) is 11.3. The standard InChI is InChI=1S/C13H26N2/c1-10(2)9-15-13(8-14)12-6-4-5-11(3)7-12/h11-13,15H,1,4-9,14H2,2-3H3. The first-order valence-electron chi connectivity index (χ1n) is 6.21. The van der Waals surface area contributed by atoms with Gasteiger partial charge in [-0.2, -0.15) is 0 Å². The van der Waals surface area contributed by atoms with Crippen LogP contribution in [-0.4, -0.2) is 19.1 Å². The van der Waals surface area contributed by atoms with Gasteiger partial charge in [0, 0.05) is 19.1 Å². The third-order valence-corrected chi connectivity index (χ3v) is 3.47. The minimum Gasteiger partial charge on any atom is -0.329 e. The molecule has 1 aliphatic carbocycles. The van der Waals surface area contributed by atoms with Crippen molar-refractivity contribution in [3.63, 3.8) is 0 Å². The molecule has 0 heterocycles. The van der Waals surface area contributed by atoms with Crippen molar-refractivity contribution < 1.29 is 0 Å². The SMILES string of the molecule is C=C(C)CNC(CN)C1CCCC(C)C1. The third kappa shape index (κ3) is 4.35. The Balaban J connectivity index is 2.38. The van der Waals surface area contributed by atoms with Crippen LogP contribution >= 0.6 is 0 Å². The van der Waals surface area contributed by atoms with Gasteiger partial charge in [0.15, 0.2) is 0 Å². The molecule has 0 radical (unpaired) electrons. The number of rotatable bonds is 5. The number of hydrogen-bond donors (Lipinski definition) is 2. The molecule has 3 N–H and O–H groups in total. The molecule has 0 spiro atoms. The van der Waals surface area contributed by atoms with E-state index in [1.54, 1.807) is 0 Å². The summed E-state index contributed by atoms with van der Waals surface area (Å²) in [6.45, 7) is 10.0. The summed E-state index contributed by atoms with van der Waals surface area (Å²) < 4.78 is 0. The van der Waals surface area contributed by atoms with Crippen molar-refractivity contribution in [3.8, 4) is 0 Å². The van der Waals surface area contributed by atoms with Gasteiger partial charge in [0.2, 0.25) is 0 Å². The van der Waals surface area contributed by atoms with Crippen molar-refractivity contribution >= 4 is 0 Å². The third-order valence-electron chi connectivity index (χ3n) is 3.47. The Kier molecular flexibility index (Phi) is 5.34. The van der Waals surface area contributed by atoms with Crippen LogP contribution in [0.25, 0.3) is 0 Å². The molecule has 0 aromatic heterocycles. The fourth-order valence-corrected chi connectivity index (χ4v) is 2.59. The lowest BCUT2D eigenvalue weighted by Gasteiger charge is -2.33. The zero-order valence-corrected chi connectivity index (χ0v) is 10.3. The summed E-state index contributed by atoms with van der Waals surface area (Å²) in [7, 11) is 0. The highest BCUT2D eigenvalue weighted by Gasteiger charge is 2.25. The molecular weight excluding hydrogens is 184 g/mol. The summed E-state index contributed by atoms with van der Waals surface area (Å²) in [6, 6.07) is 0.490.